The minimum Gasteiger partial charge on any atom is -0.314 e. The summed E-state index contributed by atoms with van der Waals surface area (Å²) < 4.78 is 0. The molecule has 18 heavy (non-hydrogen) atoms. The summed E-state index contributed by atoms with van der Waals surface area (Å²) in [7, 11) is 2.27. The van der Waals surface area contributed by atoms with Crippen molar-refractivity contribution in [2.45, 2.75) is 72.4 Å². The third-order valence-corrected chi connectivity index (χ3v) is 4.58. The Morgan fingerprint density at radius 1 is 1.33 bits per heavy atom. The van der Waals surface area contributed by atoms with Crippen LogP contribution in [0.2, 0.25) is 0 Å². The first kappa shape index (κ1) is 16.0. The van der Waals surface area contributed by atoms with E-state index in [0.717, 1.165) is 12.0 Å². The summed E-state index contributed by atoms with van der Waals surface area (Å²) in [6.45, 7) is 14.1. The van der Waals surface area contributed by atoms with Gasteiger partial charge < -0.3 is 10.2 Å². The molecule has 0 aromatic carbocycles. The van der Waals surface area contributed by atoms with Crippen LogP contribution in [0.1, 0.15) is 60.3 Å². The van der Waals surface area contributed by atoms with E-state index in [4.69, 9.17) is 0 Å². The van der Waals surface area contributed by atoms with Gasteiger partial charge in [0.15, 0.2) is 0 Å². The highest BCUT2D eigenvalue weighted by atomic mass is 15.1. The van der Waals surface area contributed by atoms with Crippen LogP contribution in [0.15, 0.2) is 0 Å². The van der Waals surface area contributed by atoms with E-state index in [9.17, 15) is 0 Å². The quantitative estimate of drug-likeness (QED) is 0.780. The summed E-state index contributed by atoms with van der Waals surface area (Å²) in [6, 6.07) is 1.39. The standard InChI is InChI=1S/C16H34N2/c1-7-10-17-15-8-9-16(4,5)11-14(15)12-18(6)13(2)3/h13-15,17H,7-12H2,1-6H3. The topological polar surface area (TPSA) is 15.3 Å². The minimum absolute atomic E-state index is 0.535. The fourth-order valence-corrected chi connectivity index (χ4v) is 3.11. The molecule has 1 fully saturated rings. The van der Waals surface area contributed by atoms with Crippen molar-refractivity contribution in [2.75, 3.05) is 20.1 Å². The van der Waals surface area contributed by atoms with Crippen molar-refractivity contribution in [3.63, 3.8) is 0 Å². The van der Waals surface area contributed by atoms with E-state index in [2.05, 4.69) is 51.9 Å². The molecule has 0 aromatic rings. The molecule has 1 aliphatic rings. The Balaban J connectivity index is 2.59. The fraction of sp³-hybridized carbons (Fsp3) is 1.00. The molecular weight excluding hydrogens is 220 g/mol. The zero-order valence-corrected chi connectivity index (χ0v) is 13.4. The Labute approximate surface area is 115 Å². The summed E-state index contributed by atoms with van der Waals surface area (Å²) >= 11 is 0. The SMILES string of the molecule is CCCNC1CCC(C)(C)CC1CN(C)C(C)C. The highest BCUT2D eigenvalue weighted by Gasteiger charge is 2.35. The lowest BCUT2D eigenvalue weighted by atomic mass is 9.69. The second kappa shape index (κ2) is 6.91. The van der Waals surface area contributed by atoms with E-state index < -0.39 is 0 Å². The van der Waals surface area contributed by atoms with E-state index in [1.807, 2.05) is 0 Å². The fourth-order valence-electron chi connectivity index (χ4n) is 3.11. The van der Waals surface area contributed by atoms with Crippen LogP contribution in [0.25, 0.3) is 0 Å². The van der Waals surface area contributed by atoms with E-state index in [0.29, 0.717) is 11.5 Å². The zero-order chi connectivity index (χ0) is 13.8. The van der Waals surface area contributed by atoms with Crippen molar-refractivity contribution in [3.05, 3.63) is 0 Å². The van der Waals surface area contributed by atoms with Crippen LogP contribution in [0.5, 0.6) is 0 Å². The first-order valence-electron chi connectivity index (χ1n) is 7.79. The molecule has 0 spiro atoms. The molecule has 0 aromatic heterocycles. The van der Waals surface area contributed by atoms with Gasteiger partial charge in [0.05, 0.1) is 0 Å². The normalized spacial score (nSPS) is 28.0. The van der Waals surface area contributed by atoms with Crippen molar-refractivity contribution in [1.29, 1.82) is 0 Å². The Kier molecular flexibility index (Phi) is 6.13. The largest absolute Gasteiger partial charge is 0.314 e. The van der Waals surface area contributed by atoms with E-state index >= 15 is 0 Å². The Hall–Kier alpha value is -0.0800. The van der Waals surface area contributed by atoms with Gasteiger partial charge in [-0.15, -0.1) is 0 Å². The Morgan fingerprint density at radius 2 is 2.00 bits per heavy atom. The highest BCUT2D eigenvalue weighted by molar-refractivity contribution is 4.90. The van der Waals surface area contributed by atoms with Crippen LogP contribution in [0, 0.1) is 11.3 Å². The lowest BCUT2D eigenvalue weighted by molar-refractivity contribution is 0.0993. The van der Waals surface area contributed by atoms with Gasteiger partial charge in [-0.05, 0) is 64.5 Å². The third-order valence-electron chi connectivity index (χ3n) is 4.58. The summed E-state index contributed by atoms with van der Waals surface area (Å²) in [5.74, 6) is 0.813. The lowest BCUT2D eigenvalue weighted by Gasteiger charge is -2.43. The molecule has 0 saturated heterocycles. The van der Waals surface area contributed by atoms with E-state index in [1.54, 1.807) is 0 Å². The smallest absolute Gasteiger partial charge is 0.0108 e. The summed E-state index contributed by atoms with van der Waals surface area (Å²) in [4.78, 5) is 2.51. The number of rotatable bonds is 6. The van der Waals surface area contributed by atoms with Crippen LogP contribution >= 0.6 is 0 Å². The van der Waals surface area contributed by atoms with Crippen LogP contribution in [0.4, 0.5) is 0 Å². The maximum absolute atomic E-state index is 3.78. The molecule has 1 aliphatic carbocycles. The molecule has 2 unspecified atom stereocenters. The van der Waals surface area contributed by atoms with Crippen LogP contribution in [-0.2, 0) is 0 Å². The van der Waals surface area contributed by atoms with Crippen molar-refractivity contribution >= 4 is 0 Å². The average molecular weight is 254 g/mol. The van der Waals surface area contributed by atoms with E-state index in [-0.39, 0.29) is 0 Å². The average Bonchev–Trinajstić information content (AvgIpc) is 2.27. The second-order valence-electron chi connectivity index (χ2n) is 7.26. The minimum atomic E-state index is 0.535. The third kappa shape index (κ3) is 4.89. The van der Waals surface area contributed by atoms with Gasteiger partial charge in [0, 0.05) is 18.6 Å². The predicted octanol–water partition coefficient (Wildman–Crippen LogP) is 3.52. The molecule has 108 valence electrons. The Morgan fingerprint density at radius 3 is 2.56 bits per heavy atom. The lowest BCUT2D eigenvalue weighted by Crippen LogP contribution is -2.48. The molecule has 0 amide bonds. The van der Waals surface area contributed by atoms with Crippen LogP contribution in [-0.4, -0.2) is 37.1 Å². The number of hydrogen-bond acceptors (Lipinski definition) is 2. The molecule has 1 rings (SSSR count). The Bertz CT molecular complexity index is 235. The van der Waals surface area contributed by atoms with Crippen LogP contribution < -0.4 is 5.32 Å². The molecular formula is C16H34N2. The van der Waals surface area contributed by atoms with Gasteiger partial charge in [-0.1, -0.05) is 20.8 Å². The maximum Gasteiger partial charge on any atom is 0.0108 e. The van der Waals surface area contributed by atoms with Gasteiger partial charge in [0.25, 0.3) is 0 Å². The first-order chi connectivity index (χ1) is 8.35. The van der Waals surface area contributed by atoms with Crippen molar-refractivity contribution in [1.82, 2.24) is 10.2 Å². The van der Waals surface area contributed by atoms with Gasteiger partial charge in [-0.3, -0.25) is 0 Å². The highest BCUT2D eigenvalue weighted by Crippen LogP contribution is 2.39. The van der Waals surface area contributed by atoms with Gasteiger partial charge in [-0.25, -0.2) is 0 Å². The molecule has 2 nitrogen and oxygen atoms in total. The van der Waals surface area contributed by atoms with Gasteiger partial charge in [0.1, 0.15) is 0 Å². The molecule has 1 saturated carbocycles. The molecule has 0 aliphatic heterocycles. The van der Waals surface area contributed by atoms with Crippen molar-refractivity contribution in [2.24, 2.45) is 11.3 Å². The summed E-state index contributed by atoms with van der Waals surface area (Å²) in [6.07, 6.45) is 5.33. The number of hydrogen-bond donors (Lipinski definition) is 1. The number of nitrogens with zero attached hydrogens (tertiary/aromatic N) is 1. The van der Waals surface area contributed by atoms with Crippen molar-refractivity contribution in [3.8, 4) is 0 Å². The monoisotopic (exact) mass is 254 g/mol. The molecule has 2 heteroatoms. The molecule has 0 bridgehead atoms. The van der Waals surface area contributed by atoms with E-state index in [1.165, 1.54) is 38.8 Å². The van der Waals surface area contributed by atoms with Crippen LogP contribution in [0.3, 0.4) is 0 Å². The van der Waals surface area contributed by atoms with Crippen molar-refractivity contribution < 1.29 is 0 Å². The van der Waals surface area contributed by atoms with Gasteiger partial charge in [-0.2, -0.15) is 0 Å². The van der Waals surface area contributed by atoms with Gasteiger partial charge in [0.2, 0.25) is 0 Å². The first-order valence-corrected chi connectivity index (χ1v) is 7.79. The molecule has 1 N–H and O–H groups in total. The maximum atomic E-state index is 3.78. The summed E-state index contributed by atoms with van der Waals surface area (Å²) in [5.41, 5.74) is 0.535. The number of nitrogens with one attached hydrogen (secondary N) is 1. The predicted molar refractivity (Wildman–Crippen MR) is 81.0 cm³/mol. The summed E-state index contributed by atoms with van der Waals surface area (Å²) in [5, 5.41) is 3.78. The molecule has 2 atom stereocenters. The molecule has 0 radical (unpaired) electrons. The second-order valence-corrected chi connectivity index (χ2v) is 7.26. The van der Waals surface area contributed by atoms with Gasteiger partial charge >= 0.3 is 0 Å². The zero-order valence-electron chi connectivity index (χ0n) is 13.4. The molecule has 0 heterocycles.